The molecule has 20 heavy (non-hydrogen) atoms. The molecule has 0 spiro atoms. The summed E-state index contributed by atoms with van der Waals surface area (Å²) in [5.41, 5.74) is 0. The normalized spacial score (nSPS) is 28.4. The number of amides is 1. The molecule has 0 aromatic carbocycles. The molecule has 1 aromatic rings. The molecule has 1 aliphatic carbocycles. The maximum Gasteiger partial charge on any atom is 0.229 e. The zero-order valence-corrected chi connectivity index (χ0v) is 11.6. The molecule has 3 rings (SSSR count). The van der Waals surface area contributed by atoms with E-state index in [0.29, 0.717) is 31.3 Å². The number of anilines is 1. The summed E-state index contributed by atoms with van der Waals surface area (Å²) in [5, 5.41) is 17.8. The molecule has 3 N–H and O–H groups in total. The summed E-state index contributed by atoms with van der Waals surface area (Å²) < 4.78 is 5.25. The Labute approximate surface area is 120 Å². The largest absolute Gasteiger partial charge is 0.364 e. The van der Waals surface area contributed by atoms with Gasteiger partial charge in [-0.3, -0.25) is 10.1 Å². The lowest BCUT2D eigenvalue weighted by Crippen LogP contribution is -2.44. The highest BCUT2D eigenvalue weighted by Crippen LogP contribution is 2.30. The van der Waals surface area contributed by atoms with E-state index < -0.39 is 0 Å². The lowest BCUT2D eigenvalue weighted by atomic mass is 9.80. The van der Waals surface area contributed by atoms with Crippen LogP contribution in [-0.4, -0.2) is 30.3 Å². The number of carbonyl (C=O) groups is 1. The van der Waals surface area contributed by atoms with E-state index in [1.165, 1.54) is 11.3 Å². The SMILES string of the molecule is N#CNC1CC(C(=O)Nc2ncc(C3COCN3)s2)C1. The molecule has 0 radical (unpaired) electrons. The maximum atomic E-state index is 12.0. The Hall–Kier alpha value is -1.69. The van der Waals surface area contributed by atoms with E-state index in [2.05, 4.69) is 20.9 Å². The van der Waals surface area contributed by atoms with Gasteiger partial charge >= 0.3 is 0 Å². The van der Waals surface area contributed by atoms with Crippen LogP contribution in [0.2, 0.25) is 0 Å². The van der Waals surface area contributed by atoms with Crippen LogP contribution in [0.3, 0.4) is 0 Å². The van der Waals surface area contributed by atoms with Crippen molar-refractivity contribution >= 4 is 22.4 Å². The second-order valence-electron chi connectivity index (χ2n) is 4.95. The zero-order chi connectivity index (χ0) is 13.9. The van der Waals surface area contributed by atoms with Crippen LogP contribution in [0, 0.1) is 17.4 Å². The van der Waals surface area contributed by atoms with Crippen molar-refractivity contribution in [3.63, 3.8) is 0 Å². The molecule has 106 valence electrons. The van der Waals surface area contributed by atoms with Gasteiger partial charge < -0.3 is 15.4 Å². The van der Waals surface area contributed by atoms with E-state index >= 15 is 0 Å². The molecule has 8 heteroatoms. The van der Waals surface area contributed by atoms with E-state index in [9.17, 15) is 4.79 Å². The molecule has 1 saturated heterocycles. The fourth-order valence-corrected chi connectivity index (χ4v) is 3.21. The quantitative estimate of drug-likeness (QED) is 0.554. The van der Waals surface area contributed by atoms with E-state index in [1.807, 2.05) is 6.19 Å². The van der Waals surface area contributed by atoms with Gasteiger partial charge in [-0.25, -0.2) is 4.98 Å². The van der Waals surface area contributed by atoms with Crippen molar-refractivity contribution in [1.29, 1.82) is 5.26 Å². The van der Waals surface area contributed by atoms with Gasteiger partial charge in [0.15, 0.2) is 11.3 Å². The first-order valence-electron chi connectivity index (χ1n) is 6.48. The first kappa shape index (κ1) is 13.3. The summed E-state index contributed by atoms with van der Waals surface area (Å²) in [6.45, 7) is 1.19. The molecule has 1 aromatic heterocycles. The standard InChI is InChI=1S/C12H15N5O2S/c13-5-15-8-1-7(2-8)11(18)17-12-14-3-10(20-12)9-4-19-6-16-9/h3,7-9,15-16H,1-2,4,6H2,(H,14,17,18). The minimum absolute atomic E-state index is 0.0162. The highest BCUT2D eigenvalue weighted by molar-refractivity contribution is 7.15. The van der Waals surface area contributed by atoms with Gasteiger partial charge in [-0.15, -0.1) is 0 Å². The maximum absolute atomic E-state index is 12.0. The van der Waals surface area contributed by atoms with Crippen molar-refractivity contribution in [3.8, 4) is 6.19 Å². The average molecular weight is 293 g/mol. The molecule has 1 aliphatic heterocycles. The van der Waals surface area contributed by atoms with E-state index in [-0.39, 0.29) is 23.9 Å². The van der Waals surface area contributed by atoms with Gasteiger partial charge in [-0.05, 0) is 12.8 Å². The Kier molecular flexibility index (Phi) is 3.82. The van der Waals surface area contributed by atoms with Crippen LogP contribution in [0.1, 0.15) is 23.8 Å². The molecule has 2 aliphatic rings. The van der Waals surface area contributed by atoms with Gasteiger partial charge in [0.2, 0.25) is 5.91 Å². The monoisotopic (exact) mass is 293 g/mol. The molecular formula is C12H15N5O2S. The van der Waals surface area contributed by atoms with Crippen molar-refractivity contribution in [3.05, 3.63) is 11.1 Å². The summed E-state index contributed by atoms with van der Waals surface area (Å²) in [4.78, 5) is 17.3. The third-order valence-corrected chi connectivity index (χ3v) is 4.62. The van der Waals surface area contributed by atoms with Gasteiger partial charge in [-0.1, -0.05) is 11.3 Å². The second kappa shape index (κ2) is 5.75. The Bertz CT molecular complexity index is 528. The highest BCUT2D eigenvalue weighted by atomic mass is 32.1. The van der Waals surface area contributed by atoms with Gasteiger partial charge in [0.25, 0.3) is 0 Å². The van der Waals surface area contributed by atoms with Crippen molar-refractivity contribution in [2.24, 2.45) is 5.92 Å². The summed E-state index contributed by atoms with van der Waals surface area (Å²) in [6, 6.07) is 0.313. The van der Waals surface area contributed by atoms with Crippen molar-refractivity contribution in [2.75, 3.05) is 18.7 Å². The van der Waals surface area contributed by atoms with E-state index in [4.69, 9.17) is 10.00 Å². The predicted octanol–water partition coefficient (Wildman–Crippen LogP) is 0.549. The Morgan fingerprint density at radius 1 is 1.60 bits per heavy atom. The van der Waals surface area contributed by atoms with Crippen LogP contribution >= 0.6 is 11.3 Å². The van der Waals surface area contributed by atoms with Gasteiger partial charge in [-0.2, -0.15) is 5.26 Å². The summed E-state index contributed by atoms with van der Waals surface area (Å²) >= 11 is 1.47. The number of ether oxygens (including phenoxy) is 1. The summed E-state index contributed by atoms with van der Waals surface area (Å²) in [7, 11) is 0. The van der Waals surface area contributed by atoms with E-state index in [1.54, 1.807) is 6.20 Å². The fraction of sp³-hybridized carbons (Fsp3) is 0.583. The highest BCUT2D eigenvalue weighted by Gasteiger charge is 2.34. The lowest BCUT2D eigenvalue weighted by molar-refractivity contribution is -0.122. The third-order valence-electron chi connectivity index (χ3n) is 3.59. The summed E-state index contributed by atoms with van der Waals surface area (Å²) in [5.74, 6) is -0.0429. The molecule has 1 saturated carbocycles. The third kappa shape index (κ3) is 2.75. The number of thiazole rings is 1. The topological polar surface area (TPSA) is 99.1 Å². The molecule has 1 amide bonds. The zero-order valence-electron chi connectivity index (χ0n) is 10.8. The first-order valence-corrected chi connectivity index (χ1v) is 7.30. The number of carbonyl (C=O) groups excluding carboxylic acids is 1. The number of nitrogens with one attached hydrogen (secondary N) is 3. The number of aromatic nitrogens is 1. The molecular weight excluding hydrogens is 278 g/mol. The Balaban J connectivity index is 1.51. The van der Waals surface area contributed by atoms with Crippen molar-refractivity contribution in [2.45, 2.75) is 24.9 Å². The second-order valence-corrected chi connectivity index (χ2v) is 6.01. The number of nitriles is 1. The molecule has 2 fully saturated rings. The van der Waals surface area contributed by atoms with Crippen molar-refractivity contribution < 1.29 is 9.53 Å². The van der Waals surface area contributed by atoms with Crippen LogP contribution < -0.4 is 16.0 Å². The van der Waals surface area contributed by atoms with Gasteiger partial charge in [0.1, 0.15) is 0 Å². The number of hydrogen-bond acceptors (Lipinski definition) is 7. The molecule has 2 heterocycles. The predicted molar refractivity (Wildman–Crippen MR) is 72.7 cm³/mol. The first-order chi connectivity index (χ1) is 9.76. The van der Waals surface area contributed by atoms with Crippen LogP contribution in [0.15, 0.2) is 6.20 Å². The Morgan fingerprint density at radius 3 is 3.15 bits per heavy atom. The van der Waals surface area contributed by atoms with Crippen LogP contribution in [0.25, 0.3) is 0 Å². The molecule has 1 unspecified atom stereocenters. The number of nitrogens with zero attached hydrogens (tertiary/aromatic N) is 2. The lowest BCUT2D eigenvalue weighted by Gasteiger charge is -2.32. The fourth-order valence-electron chi connectivity index (χ4n) is 2.33. The molecule has 0 bridgehead atoms. The molecule has 7 nitrogen and oxygen atoms in total. The van der Waals surface area contributed by atoms with E-state index in [0.717, 1.165) is 4.88 Å². The van der Waals surface area contributed by atoms with Crippen LogP contribution in [0.5, 0.6) is 0 Å². The number of hydrogen-bond donors (Lipinski definition) is 3. The van der Waals surface area contributed by atoms with Gasteiger partial charge in [0.05, 0.1) is 19.4 Å². The minimum atomic E-state index is -0.0267. The Morgan fingerprint density at radius 2 is 2.45 bits per heavy atom. The smallest absolute Gasteiger partial charge is 0.229 e. The minimum Gasteiger partial charge on any atom is -0.364 e. The van der Waals surface area contributed by atoms with Crippen LogP contribution in [0.4, 0.5) is 5.13 Å². The molecule has 1 atom stereocenters. The van der Waals surface area contributed by atoms with Gasteiger partial charge in [0, 0.05) is 23.0 Å². The summed E-state index contributed by atoms with van der Waals surface area (Å²) in [6.07, 6.45) is 5.08. The average Bonchev–Trinajstić information content (AvgIpc) is 3.02. The van der Waals surface area contributed by atoms with Crippen LogP contribution in [-0.2, 0) is 9.53 Å². The van der Waals surface area contributed by atoms with Crippen molar-refractivity contribution in [1.82, 2.24) is 15.6 Å². The number of rotatable bonds is 4.